The minimum atomic E-state index is -0.801. The lowest BCUT2D eigenvalue weighted by Gasteiger charge is -2.36. The maximum absolute atomic E-state index is 11.8. The van der Waals surface area contributed by atoms with Gasteiger partial charge in [0.1, 0.15) is 0 Å². The minimum Gasteiger partial charge on any atom is -0.474 e. The van der Waals surface area contributed by atoms with E-state index in [9.17, 15) is 4.79 Å². The summed E-state index contributed by atoms with van der Waals surface area (Å²) in [5.74, 6) is 0.607. The quantitative estimate of drug-likeness (QED) is 0.620. The lowest BCUT2D eigenvalue weighted by Crippen LogP contribution is -2.50. The summed E-state index contributed by atoms with van der Waals surface area (Å²) in [6, 6.07) is 1.77. The first kappa shape index (κ1) is 8.99. The van der Waals surface area contributed by atoms with Crippen molar-refractivity contribution in [1.29, 1.82) is 0 Å². The number of likely N-dealkylation sites (N-methyl/N-ethyl adjacent to an activating group) is 1. The van der Waals surface area contributed by atoms with Crippen LogP contribution >= 0.6 is 0 Å². The van der Waals surface area contributed by atoms with Crippen LogP contribution in [0.2, 0.25) is 0 Å². The third-order valence-electron chi connectivity index (χ3n) is 2.31. The molecule has 0 fully saturated rings. The van der Waals surface area contributed by atoms with Gasteiger partial charge in [0.2, 0.25) is 0 Å². The number of hydrogen-bond acceptors (Lipinski definition) is 3. The van der Waals surface area contributed by atoms with Gasteiger partial charge in [0, 0.05) is 13.2 Å². The maximum Gasteiger partial charge on any atom is 0.270 e. The highest BCUT2D eigenvalue weighted by Gasteiger charge is 2.39. The van der Waals surface area contributed by atoms with Crippen LogP contribution in [0, 0.1) is 0 Å². The molecule has 1 amide bonds. The number of rotatable bonds is 0. The van der Waals surface area contributed by atoms with Crippen molar-refractivity contribution in [1.82, 2.24) is 4.98 Å². The number of fused-ring (bicyclic) bond motifs is 1. The molecule has 0 radical (unpaired) electrons. The molecule has 74 valence electrons. The molecule has 0 bridgehead atoms. The second-order valence-electron chi connectivity index (χ2n) is 3.82. The van der Waals surface area contributed by atoms with Crippen molar-refractivity contribution in [3.63, 3.8) is 0 Å². The van der Waals surface area contributed by atoms with E-state index in [2.05, 4.69) is 4.98 Å². The Kier molecular flexibility index (Phi) is 1.74. The number of carbonyl (C=O) groups excluding carboxylic acids is 1. The van der Waals surface area contributed by atoms with E-state index in [1.54, 1.807) is 44.3 Å². The summed E-state index contributed by atoms with van der Waals surface area (Å²) in [6.07, 6.45) is 3.27. The van der Waals surface area contributed by atoms with Crippen molar-refractivity contribution in [3.8, 4) is 5.75 Å². The fourth-order valence-electron chi connectivity index (χ4n) is 1.56. The summed E-state index contributed by atoms with van der Waals surface area (Å²) in [5, 5.41) is 0. The molecule has 1 aromatic heterocycles. The Bertz CT molecular complexity index is 387. The fraction of sp³-hybridized carbons (Fsp3) is 0.400. The summed E-state index contributed by atoms with van der Waals surface area (Å²) < 4.78 is 5.55. The van der Waals surface area contributed by atoms with E-state index in [0.717, 1.165) is 5.69 Å². The Morgan fingerprint density at radius 3 is 2.93 bits per heavy atom. The number of pyridine rings is 1. The Hall–Kier alpha value is -1.58. The molecule has 4 heteroatoms. The molecule has 0 aliphatic carbocycles. The molecular weight excluding hydrogens is 180 g/mol. The molecule has 0 N–H and O–H groups in total. The summed E-state index contributed by atoms with van der Waals surface area (Å²) >= 11 is 0. The van der Waals surface area contributed by atoms with Crippen LogP contribution in [0.15, 0.2) is 18.5 Å². The highest BCUT2D eigenvalue weighted by Crippen LogP contribution is 2.35. The predicted octanol–water partition coefficient (Wildman–Crippen LogP) is 1.22. The third-order valence-corrected chi connectivity index (χ3v) is 2.31. The normalized spacial score (nSPS) is 18.8. The topological polar surface area (TPSA) is 42.4 Å². The Balaban J connectivity index is 2.53. The van der Waals surface area contributed by atoms with Crippen molar-refractivity contribution < 1.29 is 9.53 Å². The van der Waals surface area contributed by atoms with Gasteiger partial charge in [-0.15, -0.1) is 0 Å². The first-order valence-electron chi connectivity index (χ1n) is 4.43. The number of anilines is 1. The minimum absolute atomic E-state index is 0.0452. The molecule has 14 heavy (non-hydrogen) atoms. The van der Waals surface area contributed by atoms with Crippen LogP contribution in [-0.4, -0.2) is 23.5 Å². The third kappa shape index (κ3) is 1.14. The molecule has 0 saturated heterocycles. The summed E-state index contributed by atoms with van der Waals surface area (Å²) in [7, 11) is 1.74. The van der Waals surface area contributed by atoms with Crippen molar-refractivity contribution in [2.75, 3.05) is 11.9 Å². The van der Waals surface area contributed by atoms with Gasteiger partial charge in [-0.25, -0.2) is 0 Å². The van der Waals surface area contributed by atoms with Crippen LogP contribution in [-0.2, 0) is 4.79 Å². The SMILES string of the molecule is CN1C(=O)C(C)(C)Oc2cnccc21. The molecule has 0 saturated carbocycles. The summed E-state index contributed by atoms with van der Waals surface area (Å²) in [5.41, 5.74) is -0.0329. The van der Waals surface area contributed by atoms with Gasteiger partial charge in [0.05, 0.1) is 11.9 Å². The largest absolute Gasteiger partial charge is 0.474 e. The zero-order valence-electron chi connectivity index (χ0n) is 8.44. The standard InChI is InChI=1S/C10H12N2O2/c1-10(2)9(13)12(3)7-4-5-11-6-8(7)14-10/h4-6H,1-3H3. The molecule has 2 rings (SSSR count). The lowest BCUT2D eigenvalue weighted by molar-refractivity contribution is -0.132. The smallest absolute Gasteiger partial charge is 0.270 e. The number of ether oxygens (including phenoxy) is 1. The second kappa shape index (κ2) is 2.70. The van der Waals surface area contributed by atoms with Crippen molar-refractivity contribution >= 4 is 11.6 Å². The Labute approximate surface area is 82.5 Å². The van der Waals surface area contributed by atoms with E-state index in [-0.39, 0.29) is 5.91 Å². The lowest BCUT2D eigenvalue weighted by atomic mass is 10.1. The van der Waals surface area contributed by atoms with Gasteiger partial charge in [-0.2, -0.15) is 0 Å². The van der Waals surface area contributed by atoms with E-state index < -0.39 is 5.60 Å². The van der Waals surface area contributed by atoms with Crippen LogP contribution in [0.1, 0.15) is 13.8 Å². The number of hydrogen-bond donors (Lipinski definition) is 0. The monoisotopic (exact) mass is 192 g/mol. The molecule has 1 aliphatic rings. The van der Waals surface area contributed by atoms with E-state index in [0.29, 0.717) is 5.75 Å². The summed E-state index contributed by atoms with van der Waals surface area (Å²) in [6.45, 7) is 3.50. The van der Waals surface area contributed by atoms with E-state index in [1.165, 1.54) is 0 Å². The van der Waals surface area contributed by atoms with Crippen LogP contribution in [0.25, 0.3) is 0 Å². The predicted molar refractivity (Wildman–Crippen MR) is 52.4 cm³/mol. The Morgan fingerprint density at radius 2 is 2.21 bits per heavy atom. The van der Waals surface area contributed by atoms with E-state index in [4.69, 9.17) is 4.74 Å². The van der Waals surface area contributed by atoms with Gasteiger partial charge in [0.15, 0.2) is 11.4 Å². The van der Waals surface area contributed by atoms with Crippen LogP contribution in [0.4, 0.5) is 5.69 Å². The van der Waals surface area contributed by atoms with Crippen LogP contribution < -0.4 is 9.64 Å². The van der Waals surface area contributed by atoms with Crippen molar-refractivity contribution in [3.05, 3.63) is 18.5 Å². The number of carbonyl (C=O) groups is 1. The molecule has 0 aromatic carbocycles. The molecule has 0 spiro atoms. The van der Waals surface area contributed by atoms with Gasteiger partial charge in [-0.1, -0.05) is 0 Å². The molecule has 0 atom stereocenters. The first-order chi connectivity index (χ1) is 6.52. The van der Waals surface area contributed by atoms with Gasteiger partial charge < -0.3 is 9.64 Å². The zero-order valence-corrected chi connectivity index (χ0v) is 8.44. The highest BCUT2D eigenvalue weighted by atomic mass is 16.5. The molecule has 0 unspecified atom stereocenters. The van der Waals surface area contributed by atoms with Gasteiger partial charge in [-0.3, -0.25) is 9.78 Å². The molecular formula is C10H12N2O2. The van der Waals surface area contributed by atoms with Crippen molar-refractivity contribution in [2.45, 2.75) is 19.4 Å². The Morgan fingerprint density at radius 1 is 1.50 bits per heavy atom. The average Bonchev–Trinajstić information content (AvgIpc) is 2.14. The fourth-order valence-corrected chi connectivity index (χ4v) is 1.56. The molecule has 1 aromatic rings. The van der Waals surface area contributed by atoms with E-state index >= 15 is 0 Å². The zero-order chi connectivity index (χ0) is 10.3. The van der Waals surface area contributed by atoms with Crippen LogP contribution in [0.3, 0.4) is 0 Å². The summed E-state index contributed by atoms with van der Waals surface area (Å²) in [4.78, 5) is 17.3. The molecule has 2 heterocycles. The number of amides is 1. The first-order valence-corrected chi connectivity index (χ1v) is 4.43. The van der Waals surface area contributed by atoms with Crippen molar-refractivity contribution in [2.24, 2.45) is 0 Å². The highest BCUT2D eigenvalue weighted by molar-refractivity contribution is 6.01. The number of nitrogens with zero attached hydrogens (tertiary/aromatic N) is 2. The molecule has 4 nitrogen and oxygen atoms in total. The van der Waals surface area contributed by atoms with Gasteiger partial charge >= 0.3 is 0 Å². The maximum atomic E-state index is 11.8. The van der Waals surface area contributed by atoms with Gasteiger partial charge in [0.25, 0.3) is 5.91 Å². The van der Waals surface area contributed by atoms with Gasteiger partial charge in [-0.05, 0) is 19.9 Å². The molecule has 1 aliphatic heterocycles. The second-order valence-corrected chi connectivity index (χ2v) is 3.82. The van der Waals surface area contributed by atoms with Crippen LogP contribution in [0.5, 0.6) is 5.75 Å². The number of aromatic nitrogens is 1. The average molecular weight is 192 g/mol. The van der Waals surface area contributed by atoms with E-state index in [1.807, 2.05) is 0 Å².